The molecule has 0 aromatic carbocycles. The van der Waals surface area contributed by atoms with E-state index in [0.29, 0.717) is 6.42 Å². The summed E-state index contributed by atoms with van der Waals surface area (Å²) in [5, 5.41) is 4.62. The molecule has 0 aliphatic heterocycles. The first-order valence-corrected chi connectivity index (χ1v) is 5.33. The number of carbonyl (C=O) groups excluding carboxylic acids is 1. The average molecular weight is 248 g/mol. The third-order valence-electron chi connectivity index (χ3n) is 1.50. The van der Waals surface area contributed by atoms with Gasteiger partial charge >= 0.3 is 0 Å². The Morgan fingerprint density at radius 2 is 2.50 bits per heavy atom. The Bertz CT molecular complexity index is 272. The van der Waals surface area contributed by atoms with Crippen molar-refractivity contribution in [3.8, 4) is 0 Å². The van der Waals surface area contributed by atoms with Crippen molar-refractivity contribution in [2.75, 3.05) is 7.05 Å². The molecule has 0 radical (unpaired) electrons. The van der Waals surface area contributed by atoms with Gasteiger partial charge in [-0.3, -0.25) is 4.79 Å². The van der Waals surface area contributed by atoms with E-state index in [1.54, 1.807) is 18.4 Å². The van der Waals surface area contributed by atoms with Crippen LogP contribution >= 0.6 is 27.3 Å². The zero-order chi connectivity index (χ0) is 8.97. The lowest BCUT2D eigenvalue weighted by Crippen LogP contribution is -2.17. The second kappa shape index (κ2) is 4.62. The summed E-state index contributed by atoms with van der Waals surface area (Å²) >= 11 is 5.04. The summed E-state index contributed by atoms with van der Waals surface area (Å²) in [6, 6.07) is 2.05. The maximum absolute atomic E-state index is 10.9. The molecule has 4 heteroatoms. The van der Waals surface area contributed by atoms with Crippen molar-refractivity contribution >= 4 is 33.2 Å². The summed E-state index contributed by atoms with van der Waals surface area (Å²) in [5.41, 5.74) is 0. The van der Waals surface area contributed by atoms with Gasteiger partial charge in [0.05, 0.1) is 0 Å². The number of nitrogens with one attached hydrogen (secondary N) is 1. The molecule has 1 N–H and O–H groups in total. The van der Waals surface area contributed by atoms with E-state index in [0.717, 1.165) is 10.9 Å². The van der Waals surface area contributed by atoms with Crippen LogP contribution in [0, 0.1) is 0 Å². The highest BCUT2D eigenvalue weighted by molar-refractivity contribution is 9.10. The highest BCUT2D eigenvalue weighted by Gasteiger charge is 2.01. The first-order valence-electron chi connectivity index (χ1n) is 3.66. The van der Waals surface area contributed by atoms with Crippen LogP contribution in [0.4, 0.5) is 0 Å². The van der Waals surface area contributed by atoms with Crippen LogP contribution in [-0.4, -0.2) is 13.0 Å². The Balaban J connectivity index is 2.38. The molecule has 0 saturated heterocycles. The predicted molar refractivity (Wildman–Crippen MR) is 54.4 cm³/mol. The van der Waals surface area contributed by atoms with Gasteiger partial charge in [0.2, 0.25) is 5.91 Å². The van der Waals surface area contributed by atoms with Crippen molar-refractivity contribution in [2.24, 2.45) is 0 Å². The van der Waals surface area contributed by atoms with Gasteiger partial charge < -0.3 is 5.32 Å². The Labute approximate surface area is 84.1 Å². The number of halogens is 1. The van der Waals surface area contributed by atoms with Crippen molar-refractivity contribution in [2.45, 2.75) is 12.8 Å². The molecule has 0 atom stereocenters. The van der Waals surface area contributed by atoms with Crippen molar-refractivity contribution in [1.82, 2.24) is 5.32 Å². The SMILES string of the molecule is CNC(=O)CCc1cc(Br)cs1. The van der Waals surface area contributed by atoms with Gasteiger partial charge in [0, 0.05) is 28.2 Å². The zero-order valence-electron chi connectivity index (χ0n) is 6.76. The zero-order valence-corrected chi connectivity index (χ0v) is 9.17. The molecule has 0 bridgehead atoms. The van der Waals surface area contributed by atoms with E-state index < -0.39 is 0 Å². The van der Waals surface area contributed by atoms with Crippen LogP contribution in [0.2, 0.25) is 0 Å². The van der Waals surface area contributed by atoms with Crippen molar-refractivity contribution in [1.29, 1.82) is 0 Å². The molecule has 0 spiro atoms. The van der Waals surface area contributed by atoms with Gasteiger partial charge in [-0.15, -0.1) is 11.3 Å². The Morgan fingerprint density at radius 1 is 1.75 bits per heavy atom. The van der Waals surface area contributed by atoms with Gasteiger partial charge in [0.15, 0.2) is 0 Å². The molecule has 0 unspecified atom stereocenters. The second-order valence-electron chi connectivity index (χ2n) is 2.40. The smallest absolute Gasteiger partial charge is 0.220 e. The minimum Gasteiger partial charge on any atom is -0.359 e. The van der Waals surface area contributed by atoms with E-state index in [2.05, 4.69) is 21.2 Å². The molecule has 12 heavy (non-hydrogen) atoms. The third kappa shape index (κ3) is 2.95. The maximum Gasteiger partial charge on any atom is 0.220 e. The number of hydrogen-bond acceptors (Lipinski definition) is 2. The summed E-state index contributed by atoms with van der Waals surface area (Å²) in [6.07, 6.45) is 1.40. The lowest BCUT2D eigenvalue weighted by molar-refractivity contribution is -0.120. The topological polar surface area (TPSA) is 29.1 Å². The summed E-state index contributed by atoms with van der Waals surface area (Å²) in [6.45, 7) is 0. The van der Waals surface area contributed by atoms with E-state index in [4.69, 9.17) is 0 Å². The quantitative estimate of drug-likeness (QED) is 0.872. The molecule has 1 aromatic rings. The number of rotatable bonds is 3. The molecule has 0 aliphatic carbocycles. The molecule has 1 rings (SSSR count). The van der Waals surface area contributed by atoms with E-state index in [1.165, 1.54) is 4.88 Å². The fourth-order valence-electron chi connectivity index (χ4n) is 0.847. The molecular weight excluding hydrogens is 238 g/mol. The minimum atomic E-state index is 0.0968. The van der Waals surface area contributed by atoms with E-state index in [9.17, 15) is 4.79 Å². The van der Waals surface area contributed by atoms with Crippen LogP contribution in [0.5, 0.6) is 0 Å². The average Bonchev–Trinajstić information content (AvgIpc) is 2.47. The molecule has 0 fully saturated rings. The predicted octanol–water partition coefficient (Wildman–Crippen LogP) is 2.19. The fraction of sp³-hybridized carbons (Fsp3) is 0.375. The summed E-state index contributed by atoms with van der Waals surface area (Å²) < 4.78 is 1.10. The van der Waals surface area contributed by atoms with Crippen LogP contribution in [0.1, 0.15) is 11.3 Å². The molecule has 1 heterocycles. The molecule has 0 aliphatic rings. The molecule has 0 saturated carbocycles. The number of amides is 1. The maximum atomic E-state index is 10.9. The first-order chi connectivity index (χ1) is 5.72. The van der Waals surface area contributed by atoms with Crippen LogP contribution < -0.4 is 5.32 Å². The van der Waals surface area contributed by atoms with Gasteiger partial charge in [0.1, 0.15) is 0 Å². The standard InChI is InChI=1S/C8H10BrNOS/c1-10-8(11)3-2-7-4-6(9)5-12-7/h4-5H,2-3H2,1H3,(H,10,11). The van der Waals surface area contributed by atoms with Crippen LogP contribution in [-0.2, 0) is 11.2 Å². The van der Waals surface area contributed by atoms with Crippen LogP contribution in [0.3, 0.4) is 0 Å². The van der Waals surface area contributed by atoms with Gasteiger partial charge in [-0.25, -0.2) is 0 Å². The number of thiophene rings is 1. The number of carbonyl (C=O) groups is 1. The minimum absolute atomic E-state index is 0.0968. The van der Waals surface area contributed by atoms with Gasteiger partial charge in [-0.05, 0) is 28.4 Å². The van der Waals surface area contributed by atoms with E-state index >= 15 is 0 Å². The fourth-order valence-corrected chi connectivity index (χ4v) is 2.30. The highest BCUT2D eigenvalue weighted by atomic mass is 79.9. The second-order valence-corrected chi connectivity index (χ2v) is 4.32. The van der Waals surface area contributed by atoms with Crippen LogP contribution in [0.15, 0.2) is 15.9 Å². The molecule has 1 amide bonds. The summed E-state index contributed by atoms with van der Waals surface area (Å²) in [4.78, 5) is 12.1. The Hall–Kier alpha value is -0.350. The summed E-state index contributed by atoms with van der Waals surface area (Å²) in [7, 11) is 1.66. The Morgan fingerprint density at radius 3 is 3.00 bits per heavy atom. The lowest BCUT2D eigenvalue weighted by Gasteiger charge is -1.96. The van der Waals surface area contributed by atoms with Crippen molar-refractivity contribution in [3.05, 3.63) is 20.8 Å². The molecule has 66 valence electrons. The Kier molecular flexibility index (Phi) is 3.75. The first kappa shape index (κ1) is 9.74. The van der Waals surface area contributed by atoms with E-state index in [-0.39, 0.29) is 5.91 Å². The van der Waals surface area contributed by atoms with Crippen LogP contribution in [0.25, 0.3) is 0 Å². The molecule has 1 aromatic heterocycles. The molecular formula is C8H10BrNOS. The monoisotopic (exact) mass is 247 g/mol. The highest BCUT2D eigenvalue weighted by Crippen LogP contribution is 2.20. The normalized spacial score (nSPS) is 9.83. The van der Waals surface area contributed by atoms with Gasteiger partial charge in [-0.2, -0.15) is 0 Å². The third-order valence-corrected chi connectivity index (χ3v) is 3.26. The van der Waals surface area contributed by atoms with E-state index in [1.807, 2.05) is 11.4 Å². The van der Waals surface area contributed by atoms with Gasteiger partial charge in [-0.1, -0.05) is 0 Å². The van der Waals surface area contributed by atoms with Crippen molar-refractivity contribution < 1.29 is 4.79 Å². The van der Waals surface area contributed by atoms with Crippen molar-refractivity contribution in [3.63, 3.8) is 0 Å². The van der Waals surface area contributed by atoms with Gasteiger partial charge in [0.25, 0.3) is 0 Å². The largest absolute Gasteiger partial charge is 0.359 e. The number of hydrogen-bond donors (Lipinski definition) is 1. The molecule has 2 nitrogen and oxygen atoms in total. The number of aryl methyl sites for hydroxylation is 1. The lowest BCUT2D eigenvalue weighted by atomic mass is 10.2. The summed E-state index contributed by atoms with van der Waals surface area (Å²) in [5.74, 6) is 0.0968.